The van der Waals surface area contributed by atoms with Gasteiger partial charge in [-0.3, -0.25) is 4.99 Å². The summed E-state index contributed by atoms with van der Waals surface area (Å²) >= 11 is 0. The number of rotatable bonds is 0. The van der Waals surface area contributed by atoms with Crippen molar-refractivity contribution in [1.82, 2.24) is 10.2 Å². The smallest absolute Gasteiger partial charge is 0.194 e. The maximum Gasteiger partial charge on any atom is 0.194 e. The van der Waals surface area contributed by atoms with Crippen LogP contribution >= 0.6 is 0 Å². The molecule has 0 spiro atoms. The van der Waals surface area contributed by atoms with Gasteiger partial charge in [-0.05, 0) is 19.8 Å². The minimum atomic E-state index is 0.547. The SMILES string of the molecule is CC1CN=C(N2CCCC2)N1. The monoisotopic (exact) mass is 153 g/mol. The molecule has 1 fully saturated rings. The number of likely N-dealkylation sites (tertiary alicyclic amines) is 1. The van der Waals surface area contributed by atoms with Gasteiger partial charge < -0.3 is 10.2 Å². The third-order valence-electron chi connectivity index (χ3n) is 2.30. The van der Waals surface area contributed by atoms with Crippen LogP contribution < -0.4 is 5.32 Å². The van der Waals surface area contributed by atoms with E-state index in [0.717, 1.165) is 12.5 Å². The minimum absolute atomic E-state index is 0.547. The molecule has 1 unspecified atom stereocenters. The highest BCUT2D eigenvalue weighted by Gasteiger charge is 2.20. The average Bonchev–Trinajstić information content (AvgIpc) is 2.55. The molecule has 0 amide bonds. The molecule has 1 N–H and O–H groups in total. The van der Waals surface area contributed by atoms with E-state index in [-0.39, 0.29) is 0 Å². The van der Waals surface area contributed by atoms with Crippen LogP contribution in [0.2, 0.25) is 0 Å². The van der Waals surface area contributed by atoms with Crippen molar-refractivity contribution in [2.75, 3.05) is 19.6 Å². The molecule has 11 heavy (non-hydrogen) atoms. The van der Waals surface area contributed by atoms with E-state index in [1.807, 2.05) is 0 Å². The van der Waals surface area contributed by atoms with Crippen LogP contribution in [0.3, 0.4) is 0 Å². The van der Waals surface area contributed by atoms with Gasteiger partial charge in [0.2, 0.25) is 0 Å². The first kappa shape index (κ1) is 6.95. The zero-order chi connectivity index (χ0) is 7.68. The zero-order valence-corrected chi connectivity index (χ0v) is 7.01. The molecule has 2 heterocycles. The van der Waals surface area contributed by atoms with Crippen molar-refractivity contribution in [1.29, 1.82) is 0 Å². The maximum atomic E-state index is 4.43. The Kier molecular flexibility index (Phi) is 1.72. The van der Waals surface area contributed by atoms with Crippen molar-refractivity contribution in [2.24, 2.45) is 4.99 Å². The Morgan fingerprint density at radius 3 is 2.73 bits per heavy atom. The van der Waals surface area contributed by atoms with E-state index in [1.165, 1.54) is 25.9 Å². The molecule has 0 aromatic rings. The molecule has 0 aromatic heterocycles. The van der Waals surface area contributed by atoms with E-state index in [0.29, 0.717) is 6.04 Å². The lowest BCUT2D eigenvalue weighted by atomic mass is 10.4. The van der Waals surface area contributed by atoms with E-state index < -0.39 is 0 Å². The van der Waals surface area contributed by atoms with Crippen molar-refractivity contribution >= 4 is 5.96 Å². The van der Waals surface area contributed by atoms with Crippen LogP contribution in [0.15, 0.2) is 4.99 Å². The number of nitrogens with one attached hydrogen (secondary N) is 1. The largest absolute Gasteiger partial charge is 0.352 e. The van der Waals surface area contributed by atoms with Gasteiger partial charge in [-0.15, -0.1) is 0 Å². The predicted molar refractivity (Wildman–Crippen MR) is 45.7 cm³/mol. The van der Waals surface area contributed by atoms with Crippen LogP contribution in [0.5, 0.6) is 0 Å². The van der Waals surface area contributed by atoms with Gasteiger partial charge in [-0.25, -0.2) is 0 Å². The Balaban J connectivity index is 1.94. The molecule has 0 radical (unpaired) electrons. The highest BCUT2D eigenvalue weighted by atomic mass is 15.3. The van der Waals surface area contributed by atoms with Gasteiger partial charge in [0.1, 0.15) is 0 Å². The van der Waals surface area contributed by atoms with E-state index in [9.17, 15) is 0 Å². The molecule has 1 saturated heterocycles. The second-order valence-corrected chi connectivity index (χ2v) is 3.40. The highest BCUT2D eigenvalue weighted by Crippen LogP contribution is 2.09. The van der Waals surface area contributed by atoms with Crippen LogP contribution in [-0.4, -0.2) is 36.5 Å². The molecule has 3 nitrogen and oxygen atoms in total. The first-order valence-corrected chi connectivity index (χ1v) is 4.42. The van der Waals surface area contributed by atoms with Crippen molar-refractivity contribution in [3.8, 4) is 0 Å². The van der Waals surface area contributed by atoms with Gasteiger partial charge in [0, 0.05) is 19.1 Å². The lowest BCUT2D eigenvalue weighted by Gasteiger charge is -2.17. The number of guanidine groups is 1. The third-order valence-corrected chi connectivity index (χ3v) is 2.30. The summed E-state index contributed by atoms with van der Waals surface area (Å²) in [5, 5.41) is 3.37. The van der Waals surface area contributed by atoms with Crippen LogP contribution in [0, 0.1) is 0 Å². The second-order valence-electron chi connectivity index (χ2n) is 3.40. The van der Waals surface area contributed by atoms with E-state index in [1.54, 1.807) is 0 Å². The van der Waals surface area contributed by atoms with Crippen molar-refractivity contribution in [3.05, 3.63) is 0 Å². The fraction of sp³-hybridized carbons (Fsp3) is 0.875. The Hall–Kier alpha value is -0.730. The number of hydrogen-bond donors (Lipinski definition) is 1. The molecule has 3 heteroatoms. The summed E-state index contributed by atoms with van der Waals surface area (Å²) in [4.78, 5) is 6.78. The molecule has 2 aliphatic heterocycles. The topological polar surface area (TPSA) is 27.6 Å². The van der Waals surface area contributed by atoms with E-state index in [2.05, 4.69) is 22.1 Å². The summed E-state index contributed by atoms with van der Waals surface area (Å²) < 4.78 is 0. The first-order chi connectivity index (χ1) is 5.36. The van der Waals surface area contributed by atoms with Crippen LogP contribution in [0.1, 0.15) is 19.8 Å². The Morgan fingerprint density at radius 1 is 1.45 bits per heavy atom. The van der Waals surface area contributed by atoms with Crippen LogP contribution in [0.25, 0.3) is 0 Å². The summed E-state index contributed by atoms with van der Waals surface area (Å²) in [6, 6.07) is 0.547. The summed E-state index contributed by atoms with van der Waals surface area (Å²) in [6.07, 6.45) is 2.66. The summed E-state index contributed by atoms with van der Waals surface area (Å²) in [5.41, 5.74) is 0. The summed E-state index contributed by atoms with van der Waals surface area (Å²) in [5.74, 6) is 1.13. The predicted octanol–water partition coefficient (Wildman–Crippen LogP) is 0.430. The van der Waals surface area contributed by atoms with Crippen molar-refractivity contribution in [2.45, 2.75) is 25.8 Å². The summed E-state index contributed by atoms with van der Waals surface area (Å²) in [7, 11) is 0. The fourth-order valence-corrected chi connectivity index (χ4v) is 1.66. The normalized spacial score (nSPS) is 30.5. The Morgan fingerprint density at radius 2 is 2.18 bits per heavy atom. The number of nitrogens with zero attached hydrogens (tertiary/aromatic N) is 2. The number of hydrogen-bond acceptors (Lipinski definition) is 3. The summed E-state index contributed by atoms with van der Waals surface area (Å²) in [6.45, 7) is 5.51. The molecule has 2 aliphatic rings. The van der Waals surface area contributed by atoms with Gasteiger partial charge in [-0.1, -0.05) is 0 Å². The van der Waals surface area contributed by atoms with E-state index in [4.69, 9.17) is 0 Å². The van der Waals surface area contributed by atoms with Gasteiger partial charge in [0.05, 0.1) is 6.54 Å². The zero-order valence-electron chi connectivity index (χ0n) is 7.01. The van der Waals surface area contributed by atoms with E-state index >= 15 is 0 Å². The van der Waals surface area contributed by atoms with Crippen LogP contribution in [-0.2, 0) is 0 Å². The molecular weight excluding hydrogens is 138 g/mol. The molecule has 0 saturated carbocycles. The Bertz CT molecular complexity index is 170. The number of aliphatic imine (C=N–C) groups is 1. The van der Waals surface area contributed by atoms with Gasteiger partial charge in [0.25, 0.3) is 0 Å². The average molecular weight is 153 g/mol. The van der Waals surface area contributed by atoms with Crippen molar-refractivity contribution < 1.29 is 0 Å². The first-order valence-electron chi connectivity index (χ1n) is 4.42. The molecule has 1 atom stereocenters. The lowest BCUT2D eigenvalue weighted by molar-refractivity contribution is 0.498. The van der Waals surface area contributed by atoms with Gasteiger partial charge in [-0.2, -0.15) is 0 Å². The molecule has 0 aliphatic carbocycles. The fourth-order valence-electron chi connectivity index (χ4n) is 1.66. The lowest BCUT2D eigenvalue weighted by Crippen LogP contribution is -2.39. The molecule has 0 bridgehead atoms. The third kappa shape index (κ3) is 1.32. The second kappa shape index (κ2) is 2.72. The van der Waals surface area contributed by atoms with Crippen molar-refractivity contribution in [3.63, 3.8) is 0 Å². The molecule has 2 rings (SSSR count). The van der Waals surface area contributed by atoms with Crippen LogP contribution in [0.4, 0.5) is 0 Å². The minimum Gasteiger partial charge on any atom is -0.352 e. The molecule has 0 aromatic carbocycles. The Labute approximate surface area is 67.5 Å². The standard InChI is InChI=1S/C8H15N3/c1-7-6-9-8(10-7)11-4-2-3-5-11/h7H,2-6H2,1H3,(H,9,10). The van der Waals surface area contributed by atoms with Gasteiger partial charge in [0.15, 0.2) is 5.96 Å². The van der Waals surface area contributed by atoms with Gasteiger partial charge >= 0.3 is 0 Å². The molecule has 62 valence electrons. The highest BCUT2D eigenvalue weighted by molar-refractivity contribution is 5.82. The quantitative estimate of drug-likeness (QED) is 0.546. The molecular formula is C8H15N3. The maximum absolute atomic E-state index is 4.43.